The van der Waals surface area contributed by atoms with Crippen molar-refractivity contribution in [1.29, 1.82) is 0 Å². The van der Waals surface area contributed by atoms with Gasteiger partial charge in [-0.3, -0.25) is 4.79 Å². The zero-order chi connectivity index (χ0) is 8.84. The van der Waals surface area contributed by atoms with Crippen LogP contribution in [-0.2, 0) is 0 Å². The molecule has 1 aliphatic carbocycles. The van der Waals surface area contributed by atoms with Gasteiger partial charge in [-0.2, -0.15) is 0 Å². The molecule has 0 aromatic carbocycles. The molecule has 0 bridgehead atoms. The van der Waals surface area contributed by atoms with Crippen molar-refractivity contribution in [2.24, 2.45) is 0 Å². The maximum atomic E-state index is 11.1. The molecule has 2 aliphatic rings. The fourth-order valence-corrected chi connectivity index (χ4v) is 2.60. The van der Waals surface area contributed by atoms with Crippen molar-refractivity contribution < 1.29 is 0 Å². The van der Waals surface area contributed by atoms with Crippen LogP contribution >= 0.6 is 0 Å². The fourth-order valence-electron chi connectivity index (χ4n) is 2.60. The van der Waals surface area contributed by atoms with Gasteiger partial charge in [0.1, 0.15) is 5.82 Å². The number of aromatic nitrogens is 1. The molecule has 3 rings (SSSR count). The maximum absolute atomic E-state index is 11.1. The van der Waals surface area contributed by atoms with Gasteiger partial charge in [-0.1, -0.05) is 6.42 Å². The van der Waals surface area contributed by atoms with Crippen molar-refractivity contribution in [3.8, 4) is 0 Å². The van der Waals surface area contributed by atoms with E-state index in [1.165, 1.54) is 24.8 Å². The summed E-state index contributed by atoms with van der Waals surface area (Å²) < 4.78 is 0. The first-order chi connectivity index (χ1) is 6.34. The van der Waals surface area contributed by atoms with Gasteiger partial charge in [0, 0.05) is 18.0 Å². The Bertz CT molecular complexity index is 396. The van der Waals surface area contributed by atoms with Crippen LogP contribution in [0.3, 0.4) is 0 Å². The second-order valence-electron chi connectivity index (χ2n) is 3.94. The van der Waals surface area contributed by atoms with E-state index in [2.05, 4.69) is 10.3 Å². The number of hydrogen-bond donors (Lipinski definition) is 2. The summed E-state index contributed by atoms with van der Waals surface area (Å²) in [4.78, 5) is 13.9. The summed E-state index contributed by atoms with van der Waals surface area (Å²) in [5.41, 5.74) is 1.30. The maximum Gasteiger partial charge on any atom is 0.249 e. The van der Waals surface area contributed by atoms with E-state index < -0.39 is 0 Å². The SMILES string of the molecule is O=c1ccc2c([nH]1)NC1CCCC21. The average molecular weight is 176 g/mol. The van der Waals surface area contributed by atoms with Crippen molar-refractivity contribution >= 4 is 5.82 Å². The van der Waals surface area contributed by atoms with Crippen LogP contribution in [0.4, 0.5) is 5.82 Å². The van der Waals surface area contributed by atoms with Crippen molar-refractivity contribution in [3.05, 3.63) is 28.0 Å². The molecular weight excluding hydrogens is 164 g/mol. The topological polar surface area (TPSA) is 44.9 Å². The lowest BCUT2D eigenvalue weighted by Gasteiger charge is -2.07. The molecule has 68 valence electrons. The molecule has 2 atom stereocenters. The Morgan fingerprint density at radius 1 is 1.31 bits per heavy atom. The van der Waals surface area contributed by atoms with E-state index in [1.807, 2.05) is 6.07 Å². The molecule has 1 aromatic heterocycles. The Balaban J connectivity index is 2.12. The Hall–Kier alpha value is -1.25. The minimum atomic E-state index is -0.00813. The third kappa shape index (κ3) is 0.930. The molecule has 2 N–H and O–H groups in total. The van der Waals surface area contributed by atoms with Crippen LogP contribution in [0, 0.1) is 0 Å². The summed E-state index contributed by atoms with van der Waals surface area (Å²) in [6.07, 6.45) is 3.80. The first-order valence-corrected chi connectivity index (χ1v) is 4.84. The van der Waals surface area contributed by atoms with Gasteiger partial charge in [-0.25, -0.2) is 0 Å². The van der Waals surface area contributed by atoms with E-state index in [9.17, 15) is 4.79 Å². The van der Waals surface area contributed by atoms with Crippen molar-refractivity contribution in [2.75, 3.05) is 5.32 Å². The van der Waals surface area contributed by atoms with E-state index in [-0.39, 0.29) is 5.56 Å². The molecule has 0 radical (unpaired) electrons. The summed E-state index contributed by atoms with van der Waals surface area (Å²) in [6.45, 7) is 0. The molecule has 1 aliphatic heterocycles. The van der Waals surface area contributed by atoms with E-state index in [0.717, 1.165) is 5.82 Å². The molecule has 2 unspecified atom stereocenters. The van der Waals surface area contributed by atoms with E-state index in [0.29, 0.717) is 12.0 Å². The molecular formula is C10H12N2O. The van der Waals surface area contributed by atoms with Crippen molar-refractivity contribution in [1.82, 2.24) is 4.98 Å². The van der Waals surface area contributed by atoms with Gasteiger partial charge < -0.3 is 10.3 Å². The van der Waals surface area contributed by atoms with Crippen LogP contribution in [0.1, 0.15) is 30.7 Å². The smallest absolute Gasteiger partial charge is 0.249 e. The second-order valence-corrected chi connectivity index (χ2v) is 3.94. The van der Waals surface area contributed by atoms with Crippen molar-refractivity contribution in [3.63, 3.8) is 0 Å². The third-order valence-electron chi connectivity index (χ3n) is 3.20. The first-order valence-electron chi connectivity index (χ1n) is 4.84. The molecule has 0 amide bonds. The fraction of sp³-hybridized carbons (Fsp3) is 0.500. The Labute approximate surface area is 76.2 Å². The van der Waals surface area contributed by atoms with Crippen LogP contribution < -0.4 is 10.9 Å². The highest BCUT2D eigenvalue weighted by Crippen LogP contribution is 2.43. The molecule has 0 spiro atoms. The van der Waals surface area contributed by atoms with Gasteiger partial charge in [-0.15, -0.1) is 0 Å². The number of anilines is 1. The lowest BCUT2D eigenvalue weighted by atomic mass is 9.99. The number of aromatic amines is 1. The van der Waals surface area contributed by atoms with Crippen LogP contribution in [0.5, 0.6) is 0 Å². The first kappa shape index (κ1) is 7.18. The van der Waals surface area contributed by atoms with Gasteiger partial charge in [0.05, 0.1) is 0 Å². The highest BCUT2D eigenvalue weighted by atomic mass is 16.1. The predicted octanol–water partition coefficient (Wildman–Crippen LogP) is 1.44. The van der Waals surface area contributed by atoms with Crippen molar-refractivity contribution in [2.45, 2.75) is 31.2 Å². The summed E-state index contributed by atoms with van der Waals surface area (Å²) in [7, 11) is 0. The summed E-state index contributed by atoms with van der Waals surface area (Å²) in [5.74, 6) is 1.61. The van der Waals surface area contributed by atoms with E-state index in [4.69, 9.17) is 0 Å². The summed E-state index contributed by atoms with van der Waals surface area (Å²) in [6, 6.07) is 4.17. The van der Waals surface area contributed by atoms with Crippen LogP contribution in [0.2, 0.25) is 0 Å². The standard InChI is InChI=1S/C10H12N2O/c13-9-5-4-7-6-2-1-3-8(6)11-10(7)12-9/h4-6,8H,1-3H2,(H2,11,12,13). The minimum absolute atomic E-state index is 0.00813. The Morgan fingerprint density at radius 2 is 2.23 bits per heavy atom. The largest absolute Gasteiger partial charge is 0.368 e. The number of rotatable bonds is 0. The molecule has 0 saturated heterocycles. The molecule has 13 heavy (non-hydrogen) atoms. The van der Waals surface area contributed by atoms with Gasteiger partial charge in [0.25, 0.3) is 0 Å². The highest BCUT2D eigenvalue weighted by Gasteiger charge is 2.35. The van der Waals surface area contributed by atoms with Gasteiger partial charge >= 0.3 is 0 Å². The quantitative estimate of drug-likeness (QED) is 0.628. The molecule has 3 heteroatoms. The number of fused-ring (bicyclic) bond motifs is 3. The molecule has 3 nitrogen and oxygen atoms in total. The van der Waals surface area contributed by atoms with Gasteiger partial charge in [0.15, 0.2) is 0 Å². The Kier molecular flexibility index (Phi) is 1.31. The summed E-state index contributed by atoms with van der Waals surface area (Å²) >= 11 is 0. The predicted molar refractivity (Wildman–Crippen MR) is 51.1 cm³/mol. The number of hydrogen-bond acceptors (Lipinski definition) is 2. The number of pyridine rings is 1. The zero-order valence-corrected chi connectivity index (χ0v) is 7.34. The van der Waals surface area contributed by atoms with Gasteiger partial charge in [-0.05, 0) is 24.5 Å². The van der Waals surface area contributed by atoms with Gasteiger partial charge in [0.2, 0.25) is 5.56 Å². The van der Waals surface area contributed by atoms with Crippen LogP contribution in [-0.4, -0.2) is 11.0 Å². The molecule has 1 saturated carbocycles. The average Bonchev–Trinajstić information content (AvgIpc) is 2.62. The number of H-pyrrole nitrogens is 1. The van der Waals surface area contributed by atoms with Crippen LogP contribution in [0.25, 0.3) is 0 Å². The molecule has 2 heterocycles. The normalized spacial score (nSPS) is 29.5. The van der Waals surface area contributed by atoms with Crippen LogP contribution in [0.15, 0.2) is 16.9 Å². The Morgan fingerprint density at radius 3 is 3.15 bits per heavy atom. The molecule has 1 aromatic rings. The van der Waals surface area contributed by atoms with E-state index >= 15 is 0 Å². The zero-order valence-electron chi connectivity index (χ0n) is 7.34. The lowest BCUT2D eigenvalue weighted by molar-refractivity contribution is 0.689. The third-order valence-corrected chi connectivity index (χ3v) is 3.20. The van der Waals surface area contributed by atoms with E-state index in [1.54, 1.807) is 6.07 Å². The minimum Gasteiger partial charge on any atom is -0.368 e. The highest BCUT2D eigenvalue weighted by molar-refractivity contribution is 5.54. The monoisotopic (exact) mass is 176 g/mol. The summed E-state index contributed by atoms with van der Waals surface area (Å²) in [5, 5.41) is 3.38. The number of nitrogens with one attached hydrogen (secondary N) is 2. The second kappa shape index (κ2) is 2.37. The molecule has 1 fully saturated rings. The lowest BCUT2D eigenvalue weighted by Crippen LogP contribution is -2.14.